The second-order valence-corrected chi connectivity index (χ2v) is 4.38. The fourth-order valence-corrected chi connectivity index (χ4v) is 1.79. The molecule has 5 nitrogen and oxygen atoms in total. The number of halogens is 4. The van der Waals surface area contributed by atoms with Gasteiger partial charge < -0.3 is 10.5 Å². The van der Waals surface area contributed by atoms with Crippen LogP contribution in [0.25, 0.3) is 11.1 Å². The fourth-order valence-electron chi connectivity index (χ4n) is 1.64. The lowest BCUT2D eigenvalue weighted by Gasteiger charge is -2.13. The van der Waals surface area contributed by atoms with Gasteiger partial charge in [-0.1, -0.05) is 11.6 Å². The first-order valence-corrected chi connectivity index (χ1v) is 6.15. The number of hydrogen-bond acceptors (Lipinski definition) is 5. The van der Waals surface area contributed by atoms with Crippen molar-refractivity contribution in [1.29, 1.82) is 0 Å². The van der Waals surface area contributed by atoms with Crippen molar-refractivity contribution in [2.24, 2.45) is 5.73 Å². The zero-order valence-corrected chi connectivity index (χ0v) is 11.3. The molecule has 2 N–H and O–H groups in total. The summed E-state index contributed by atoms with van der Waals surface area (Å²) in [6, 6.07) is 4.56. The second kappa shape index (κ2) is 6.23. The van der Waals surface area contributed by atoms with Gasteiger partial charge in [0.2, 0.25) is 5.88 Å². The van der Waals surface area contributed by atoms with Gasteiger partial charge in [0.25, 0.3) is 0 Å². The number of hydrogen-bond donors (Lipinski definition) is 1. The van der Waals surface area contributed by atoms with E-state index in [-0.39, 0.29) is 17.6 Å². The molecular formula is C12H10ClF3N4O. The van der Waals surface area contributed by atoms with Crippen molar-refractivity contribution in [2.45, 2.75) is 12.7 Å². The predicted molar refractivity (Wildman–Crippen MR) is 69.7 cm³/mol. The summed E-state index contributed by atoms with van der Waals surface area (Å²) in [5.41, 5.74) is 6.68. The lowest BCUT2D eigenvalue weighted by atomic mass is 10.1. The van der Waals surface area contributed by atoms with Gasteiger partial charge in [0, 0.05) is 23.9 Å². The van der Waals surface area contributed by atoms with E-state index in [9.17, 15) is 13.2 Å². The highest BCUT2D eigenvalue weighted by Crippen LogP contribution is 2.31. The first-order valence-electron chi connectivity index (χ1n) is 5.78. The molecular weight excluding hydrogens is 309 g/mol. The van der Waals surface area contributed by atoms with Crippen molar-refractivity contribution in [3.8, 4) is 17.0 Å². The van der Waals surface area contributed by atoms with Crippen LogP contribution in [0.3, 0.4) is 0 Å². The summed E-state index contributed by atoms with van der Waals surface area (Å²) in [6.45, 7) is -1.39. The molecule has 0 aliphatic heterocycles. The van der Waals surface area contributed by atoms with Crippen LogP contribution in [-0.2, 0) is 6.54 Å². The van der Waals surface area contributed by atoms with Crippen LogP contribution in [0.4, 0.5) is 13.2 Å². The molecule has 0 radical (unpaired) electrons. The first kappa shape index (κ1) is 15.5. The molecule has 2 aromatic heterocycles. The molecule has 0 aromatic carbocycles. The van der Waals surface area contributed by atoms with Crippen molar-refractivity contribution in [2.75, 3.05) is 6.61 Å². The minimum absolute atomic E-state index is 0.0487. The van der Waals surface area contributed by atoms with Crippen LogP contribution in [0.5, 0.6) is 5.88 Å². The smallest absolute Gasteiger partial charge is 0.422 e. The second-order valence-electron chi connectivity index (χ2n) is 3.99. The molecule has 0 aliphatic rings. The Kier molecular flexibility index (Phi) is 4.59. The van der Waals surface area contributed by atoms with Crippen LogP contribution in [0.2, 0.25) is 5.15 Å². The van der Waals surface area contributed by atoms with Crippen molar-refractivity contribution >= 4 is 11.6 Å². The molecule has 9 heteroatoms. The summed E-state index contributed by atoms with van der Waals surface area (Å²) in [5.74, 6) is -0.173. The van der Waals surface area contributed by atoms with Crippen LogP contribution < -0.4 is 10.5 Å². The monoisotopic (exact) mass is 318 g/mol. The Bertz CT molecular complexity index is 636. The van der Waals surface area contributed by atoms with E-state index >= 15 is 0 Å². The van der Waals surface area contributed by atoms with Gasteiger partial charge in [-0.2, -0.15) is 18.3 Å². The molecule has 0 aliphatic carbocycles. The molecule has 0 spiro atoms. The van der Waals surface area contributed by atoms with E-state index in [4.69, 9.17) is 22.1 Å². The third-order valence-corrected chi connectivity index (χ3v) is 2.65. The lowest BCUT2D eigenvalue weighted by Crippen LogP contribution is -2.20. The molecule has 0 atom stereocenters. The highest BCUT2D eigenvalue weighted by molar-refractivity contribution is 6.29. The summed E-state index contributed by atoms with van der Waals surface area (Å²) < 4.78 is 41.5. The summed E-state index contributed by atoms with van der Waals surface area (Å²) >= 11 is 5.77. The third kappa shape index (κ3) is 4.02. The van der Waals surface area contributed by atoms with E-state index in [0.29, 0.717) is 16.8 Å². The molecule has 0 bridgehead atoms. The van der Waals surface area contributed by atoms with Gasteiger partial charge in [-0.25, -0.2) is 4.98 Å². The molecule has 0 saturated heterocycles. The number of ether oxygens (including phenoxy) is 1. The summed E-state index contributed by atoms with van der Waals surface area (Å²) in [5, 5.41) is 7.55. The SMILES string of the molecule is NCc1nnc(Cl)cc1-c1cccnc1OCC(F)(F)F. The van der Waals surface area contributed by atoms with Crippen LogP contribution >= 0.6 is 11.6 Å². The Morgan fingerprint density at radius 3 is 2.67 bits per heavy atom. The average molecular weight is 319 g/mol. The molecule has 21 heavy (non-hydrogen) atoms. The maximum absolute atomic E-state index is 12.3. The predicted octanol–water partition coefficient (Wildman–Crippen LogP) is 2.59. The Balaban J connectivity index is 2.42. The van der Waals surface area contributed by atoms with Crippen LogP contribution in [0, 0.1) is 0 Å². The third-order valence-electron chi connectivity index (χ3n) is 2.47. The number of aromatic nitrogens is 3. The Labute approximate surface area is 122 Å². The molecule has 112 valence electrons. The van der Waals surface area contributed by atoms with Gasteiger partial charge >= 0.3 is 6.18 Å². The Hall–Kier alpha value is -1.93. The molecule has 0 unspecified atom stereocenters. The molecule has 0 fully saturated rings. The summed E-state index contributed by atoms with van der Waals surface area (Å²) in [7, 11) is 0. The largest absolute Gasteiger partial charge is 0.468 e. The lowest BCUT2D eigenvalue weighted by molar-refractivity contribution is -0.154. The highest BCUT2D eigenvalue weighted by Gasteiger charge is 2.29. The fraction of sp³-hybridized carbons (Fsp3) is 0.250. The van der Waals surface area contributed by atoms with E-state index < -0.39 is 12.8 Å². The number of nitrogens with zero attached hydrogens (tertiary/aromatic N) is 3. The van der Waals surface area contributed by atoms with Gasteiger partial charge in [-0.05, 0) is 18.2 Å². The number of pyridine rings is 1. The quantitative estimate of drug-likeness (QED) is 0.938. The van der Waals surface area contributed by atoms with Crippen molar-refractivity contribution in [1.82, 2.24) is 15.2 Å². The Morgan fingerprint density at radius 2 is 2.00 bits per heavy atom. The van der Waals surface area contributed by atoms with E-state index in [1.54, 1.807) is 12.1 Å². The van der Waals surface area contributed by atoms with Gasteiger partial charge in [-0.3, -0.25) is 0 Å². The number of nitrogens with two attached hydrogens (primary N) is 1. The van der Waals surface area contributed by atoms with Crippen molar-refractivity contribution < 1.29 is 17.9 Å². The standard InChI is InChI=1S/C12H10ClF3N4O/c13-10-4-8(9(5-17)19-20-10)7-2-1-3-18-11(7)21-6-12(14,15)16/h1-4H,5-6,17H2. The van der Waals surface area contributed by atoms with Gasteiger partial charge in [-0.15, -0.1) is 5.10 Å². The van der Waals surface area contributed by atoms with E-state index in [0.717, 1.165) is 0 Å². The highest BCUT2D eigenvalue weighted by atomic mass is 35.5. The van der Waals surface area contributed by atoms with Crippen molar-refractivity contribution in [3.63, 3.8) is 0 Å². The van der Waals surface area contributed by atoms with E-state index in [2.05, 4.69) is 15.2 Å². The minimum Gasteiger partial charge on any atom is -0.468 e. The first-order chi connectivity index (χ1) is 9.90. The molecule has 2 rings (SSSR count). The summed E-state index contributed by atoms with van der Waals surface area (Å²) in [4.78, 5) is 3.81. The Morgan fingerprint density at radius 1 is 1.24 bits per heavy atom. The van der Waals surface area contributed by atoms with Crippen LogP contribution in [0.15, 0.2) is 24.4 Å². The van der Waals surface area contributed by atoms with Crippen LogP contribution in [0.1, 0.15) is 5.69 Å². The summed E-state index contributed by atoms with van der Waals surface area (Å²) in [6.07, 6.45) is -3.13. The van der Waals surface area contributed by atoms with E-state index in [1.165, 1.54) is 12.3 Å². The van der Waals surface area contributed by atoms with Gasteiger partial charge in [0.05, 0.1) is 5.69 Å². The average Bonchev–Trinajstić information content (AvgIpc) is 2.44. The normalized spacial score (nSPS) is 11.5. The number of rotatable bonds is 4. The molecule has 2 heterocycles. The minimum atomic E-state index is -4.46. The molecule has 0 amide bonds. The van der Waals surface area contributed by atoms with Gasteiger partial charge in [0.1, 0.15) is 0 Å². The van der Waals surface area contributed by atoms with Crippen molar-refractivity contribution in [3.05, 3.63) is 35.2 Å². The topological polar surface area (TPSA) is 73.9 Å². The maximum Gasteiger partial charge on any atom is 0.422 e. The zero-order chi connectivity index (χ0) is 15.5. The zero-order valence-electron chi connectivity index (χ0n) is 10.6. The van der Waals surface area contributed by atoms with Crippen LogP contribution in [-0.4, -0.2) is 28.0 Å². The maximum atomic E-state index is 12.3. The number of alkyl halides is 3. The molecule has 0 saturated carbocycles. The van der Waals surface area contributed by atoms with Gasteiger partial charge in [0.15, 0.2) is 11.8 Å². The molecule has 2 aromatic rings. The van der Waals surface area contributed by atoms with E-state index in [1.807, 2.05) is 0 Å².